The smallest absolute Gasteiger partial charge is 0.0206 e. The van der Waals surface area contributed by atoms with Crippen LogP contribution in [0.3, 0.4) is 0 Å². The van der Waals surface area contributed by atoms with Crippen molar-refractivity contribution in [2.24, 2.45) is 5.92 Å². The summed E-state index contributed by atoms with van der Waals surface area (Å²) in [5.74, 6) is 7.18. The molecule has 2 rings (SSSR count). The fourth-order valence-electron chi connectivity index (χ4n) is 2.11. The number of hydrogen-bond acceptors (Lipinski definition) is 0. The molecule has 0 spiro atoms. The van der Waals surface area contributed by atoms with E-state index in [1.54, 1.807) is 0 Å². The van der Waals surface area contributed by atoms with Crippen LogP contribution in [0, 0.1) is 17.8 Å². The maximum atomic E-state index is 3.36. The zero-order valence-corrected chi connectivity index (χ0v) is 9.65. The van der Waals surface area contributed by atoms with Crippen molar-refractivity contribution in [3.63, 3.8) is 0 Å². The van der Waals surface area contributed by atoms with E-state index in [1.165, 1.54) is 37.7 Å². The zero-order chi connectivity index (χ0) is 11.1. The molecule has 1 aliphatic rings. The average Bonchev–Trinajstić information content (AvgIpc) is 2.37. The van der Waals surface area contributed by atoms with E-state index in [4.69, 9.17) is 0 Å². The van der Waals surface area contributed by atoms with Crippen LogP contribution in [-0.2, 0) is 0 Å². The van der Waals surface area contributed by atoms with Gasteiger partial charge in [0.1, 0.15) is 0 Å². The molecule has 0 bridgehead atoms. The summed E-state index contributed by atoms with van der Waals surface area (Å²) in [5, 5.41) is 0. The summed E-state index contributed by atoms with van der Waals surface area (Å²) in [5.41, 5.74) is 1.22. The van der Waals surface area contributed by atoms with Gasteiger partial charge in [-0.3, -0.25) is 0 Å². The Morgan fingerprint density at radius 1 is 1.00 bits per heavy atom. The third kappa shape index (κ3) is 3.59. The number of rotatable bonds is 1. The second-order valence-corrected chi connectivity index (χ2v) is 4.37. The van der Waals surface area contributed by atoms with Crippen molar-refractivity contribution in [3.05, 3.63) is 42.0 Å². The van der Waals surface area contributed by atoms with E-state index >= 15 is 0 Å². The summed E-state index contributed by atoms with van der Waals surface area (Å²) in [7, 11) is 0. The first kappa shape index (κ1) is 11.0. The molecule has 0 saturated heterocycles. The van der Waals surface area contributed by atoms with Crippen molar-refractivity contribution in [2.45, 2.75) is 32.1 Å². The Morgan fingerprint density at radius 2 is 1.75 bits per heavy atom. The van der Waals surface area contributed by atoms with Gasteiger partial charge in [-0.1, -0.05) is 61.4 Å². The summed E-state index contributed by atoms with van der Waals surface area (Å²) < 4.78 is 0. The van der Waals surface area contributed by atoms with Crippen molar-refractivity contribution < 1.29 is 0 Å². The van der Waals surface area contributed by atoms with Crippen LogP contribution in [0.15, 0.2) is 36.4 Å². The maximum absolute atomic E-state index is 3.36. The van der Waals surface area contributed by atoms with Crippen molar-refractivity contribution >= 4 is 6.08 Å². The van der Waals surface area contributed by atoms with Crippen molar-refractivity contribution in [1.82, 2.24) is 0 Å². The lowest BCUT2D eigenvalue weighted by Crippen LogP contribution is -2.02. The Hall–Kier alpha value is -1.48. The van der Waals surface area contributed by atoms with E-state index in [9.17, 15) is 0 Å². The molecule has 0 aliphatic heterocycles. The minimum Gasteiger partial charge on any atom is -0.0951 e. The van der Waals surface area contributed by atoms with Crippen LogP contribution >= 0.6 is 0 Å². The Bertz CT molecular complexity index is 383. The third-order valence-electron chi connectivity index (χ3n) is 3.05. The summed E-state index contributed by atoms with van der Waals surface area (Å²) in [6.07, 6.45) is 10.8. The summed E-state index contributed by atoms with van der Waals surface area (Å²) in [4.78, 5) is 0. The zero-order valence-electron chi connectivity index (χ0n) is 9.65. The highest BCUT2D eigenvalue weighted by Crippen LogP contribution is 2.22. The molecular formula is C16H18. The molecule has 0 aromatic heterocycles. The molecule has 0 unspecified atom stereocenters. The molecular weight excluding hydrogens is 192 g/mol. The monoisotopic (exact) mass is 210 g/mol. The molecule has 0 heteroatoms. The molecule has 0 radical (unpaired) electrons. The molecule has 0 atom stereocenters. The van der Waals surface area contributed by atoms with Crippen LogP contribution in [-0.4, -0.2) is 0 Å². The normalized spacial score (nSPS) is 17.0. The molecule has 1 aromatic rings. The number of benzene rings is 1. The van der Waals surface area contributed by atoms with Crippen LogP contribution in [0.1, 0.15) is 37.7 Å². The van der Waals surface area contributed by atoms with Crippen molar-refractivity contribution in [2.75, 3.05) is 0 Å². The SMILES string of the molecule is C(#CC1CCCCC1)/C=C\c1ccccc1. The van der Waals surface area contributed by atoms with Gasteiger partial charge in [0.2, 0.25) is 0 Å². The van der Waals surface area contributed by atoms with Gasteiger partial charge in [0.25, 0.3) is 0 Å². The highest BCUT2D eigenvalue weighted by Gasteiger charge is 2.09. The lowest BCUT2D eigenvalue weighted by Gasteiger charge is -2.15. The van der Waals surface area contributed by atoms with Gasteiger partial charge in [-0.2, -0.15) is 0 Å². The van der Waals surface area contributed by atoms with E-state index in [-0.39, 0.29) is 0 Å². The lowest BCUT2D eigenvalue weighted by molar-refractivity contribution is 0.430. The Kier molecular flexibility index (Phi) is 4.26. The van der Waals surface area contributed by atoms with Gasteiger partial charge in [-0.05, 0) is 30.6 Å². The molecule has 1 aromatic carbocycles. The van der Waals surface area contributed by atoms with Crippen molar-refractivity contribution in [3.8, 4) is 11.8 Å². The summed E-state index contributed by atoms with van der Waals surface area (Å²) >= 11 is 0. The Morgan fingerprint density at radius 3 is 2.50 bits per heavy atom. The van der Waals surface area contributed by atoms with E-state index in [0.29, 0.717) is 5.92 Å². The standard InChI is InChI=1S/C16H18/c1-3-9-15(10-4-1)13-7-8-14-16-11-5-2-6-12-16/h1,3-4,7,9-10,13,16H,2,5-6,11-12H2/b13-7-. The summed E-state index contributed by atoms with van der Waals surface area (Å²) in [6.45, 7) is 0. The Labute approximate surface area is 98.4 Å². The molecule has 0 nitrogen and oxygen atoms in total. The molecule has 1 saturated carbocycles. The lowest BCUT2D eigenvalue weighted by atomic mass is 9.90. The predicted octanol–water partition coefficient (Wildman–Crippen LogP) is 4.28. The first-order valence-corrected chi connectivity index (χ1v) is 6.18. The molecule has 0 N–H and O–H groups in total. The second-order valence-electron chi connectivity index (χ2n) is 4.37. The van der Waals surface area contributed by atoms with Gasteiger partial charge in [0.05, 0.1) is 0 Å². The minimum absolute atomic E-state index is 0.647. The van der Waals surface area contributed by atoms with E-state index < -0.39 is 0 Å². The van der Waals surface area contributed by atoms with Gasteiger partial charge in [-0.15, -0.1) is 0 Å². The fraction of sp³-hybridized carbons (Fsp3) is 0.375. The van der Waals surface area contributed by atoms with Gasteiger partial charge in [-0.25, -0.2) is 0 Å². The molecule has 82 valence electrons. The third-order valence-corrected chi connectivity index (χ3v) is 3.05. The molecule has 16 heavy (non-hydrogen) atoms. The first-order chi connectivity index (χ1) is 7.95. The van der Waals surface area contributed by atoms with Crippen LogP contribution in [0.4, 0.5) is 0 Å². The van der Waals surface area contributed by atoms with Crippen LogP contribution in [0.5, 0.6) is 0 Å². The number of allylic oxidation sites excluding steroid dienone is 1. The molecule has 1 fully saturated rings. The highest BCUT2D eigenvalue weighted by atomic mass is 14.1. The summed E-state index contributed by atoms with van der Waals surface area (Å²) in [6, 6.07) is 10.3. The first-order valence-electron chi connectivity index (χ1n) is 6.18. The van der Waals surface area contributed by atoms with Crippen molar-refractivity contribution in [1.29, 1.82) is 0 Å². The van der Waals surface area contributed by atoms with Gasteiger partial charge < -0.3 is 0 Å². The Balaban J connectivity index is 1.86. The van der Waals surface area contributed by atoms with Crippen LogP contribution in [0.2, 0.25) is 0 Å². The van der Waals surface area contributed by atoms with E-state index in [1.807, 2.05) is 24.3 Å². The topological polar surface area (TPSA) is 0 Å². The highest BCUT2D eigenvalue weighted by molar-refractivity contribution is 5.52. The maximum Gasteiger partial charge on any atom is 0.0206 e. The fourth-order valence-corrected chi connectivity index (χ4v) is 2.11. The quantitative estimate of drug-likeness (QED) is 0.607. The van der Waals surface area contributed by atoms with Gasteiger partial charge in [0.15, 0.2) is 0 Å². The van der Waals surface area contributed by atoms with Gasteiger partial charge in [0, 0.05) is 5.92 Å². The largest absolute Gasteiger partial charge is 0.0951 e. The number of hydrogen-bond donors (Lipinski definition) is 0. The van der Waals surface area contributed by atoms with Crippen LogP contribution < -0.4 is 0 Å². The predicted molar refractivity (Wildman–Crippen MR) is 69.8 cm³/mol. The minimum atomic E-state index is 0.647. The second kappa shape index (κ2) is 6.18. The molecule has 1 aliphatic carbocycles. The average molecular weight is 210 g/mol. The molecule has 0 heterocycles. The van der Waals surface area contributed by atoms with Crippen LogP contribution in [0.25, 0.3) is 6.08 Å². The van der Waals surface area contributed by atoms with E-state index in [0.717, 1.165) is 0 Å². The van der Waals surface area contributed by atoms with E-state index in [2.05, 4.69) is 30.0 Å². The molecule has 0 amide bonds. The van der Waals surface area contributed by atoms with Gasteiger partial charge >= 0.3 is 0 Å².